The number of aliphatic hydroxyl groups is 1. The standard InChI is InChI=1S/C22H28N4O2/c1-24-11-9-23-21(24)22(28)12-18-6-7-19(13-22)26(18)15-20(27)25-10-8-16-4-2-3-5-17(16)14-25/h2-5,9,11,18-19,28H,6-8,10,12-15H2,1H3. The van der Waals surface area contributed by atoms with E-state index in [1.165, 1.54) is 11.1 Å². The maximum absolute atomic E-state index is 13.0. The van der Waals surface area contributed by atoms with E-state index in [9.17, 15) is 9.90 Å². The second-order valence-electron chi connectivity index (χ2n) is 8.69. The number of hydrogen-bond donors (Lipinski definition) is 1. The summed E-state index contributed by atoms with van der Waals surface area (Å²) in [6.45, 7) is 1.99. The number of amides is 1. The van der Waals surface area contributed by atoms with Gasteiger partial charge in [0.25, 0.3) is 0 Å². The van der Waals surface area contributed by atoms with Crippen LogP contribution in [0.5, 0.6) is 0 Å². The van der Waals surface area contributed by atoms with Gasteiger partial charge in [-0.25, -0.2) is 4.98 Å². The molecule has 6 nitrogen and oxygen atoms in total. The molecule has 1 aromatic heterocycles. The van der Waals surface area contributed by atoms with Gasteiger partial charge in [-0.05, 0) is 43.2 Å². The molecule has 2 aromatic rings. The molecule has 2 bridgehead atoms. The van der Waals surface area contributed by atoms with Crippen molar-refractivity contribution in [3.05, 3.63) is 53.6 Å². The van der Waals surface area contributed by atoms with E-state index in [1.807, 2.05) is 22.7 Å². The molecular formula is C22H28N4O2. The van der Waals surface area contributed by atoms with E-state index in [0.29, 0.717) is 19.4 Å². The Balaban J connectivity index is 1.28. The molecule has 2 fully saturated rings. The van der Waals surface area contributed by atoms with Gasteiger partial charge in [0.15, 0.2) is 0 Å². The number of aromatic nitrogens is 2. The SMILES string of the molecule is Cn1ccnc1C1(O)CC2CCC(C1)N2CC(=O)N1CCc2ccccc2C1. The van der Waals surface area contributed by atoms with Gasteiger partial charge in [-0.2, -0.15) is 0 Å². The molecule has 0 radical (unpaired) electrons. The van der Waals surface area contributed by atoms with Crippen LogP contribution >= 0.6 is 0 Å². The summed E-state index contributed by atoms with van der Waals surface area (Å²) in [6, 6.07) is 8.93. The molecule has 6 heteroatoms. The van der Waals surface area contributed by atoms with Crippen molar-refractivity contribution in [2.45, 2.75) is 56.3 Å². The highest BCUT2D eigenvalue weighted by Crippen LogP contribution is 2.45. The van der Waals surface area contributed by atoms with Crippen molar-refractivity contribution < 1.29 is 9.90 Å². The maximum atomic E-state index is 13.0. The fourth-order valence-corrected chi connectivity index (χ4v) is 5.54. The van der Waals surface area contributed by atoms with Gasteiger partial charge in [0.1, 0.15) is 11.4 Å². The number of carbonyl (C=O) groups excluding carboxylic acids is 1. The Morgan fingerprint density at radius 2 is 1.93 bits per heavy atom. The first-order valence-corrected chi connectivity index (χ1v) is 10.3. The first-order valence-electron chi connectivity index (χ1n) is 10.3. The number of aryl methyl sites for hydroxylation is 1. The lowest BCUT2D eigenvalue weighted by molar-refractivity contribution is -0.137. The molecule has 28 heavy (non-hydrogen) atoms. The Morgan fingerprint density at radius 3 is 2.61 bits per heavy atom. The maximum Gasteiger partial charge on any atom is 0.237 e. The molecule has 1 amide bonds. The van der Waals surface area contributed by atoms with Crippen molar-refractivity contribution in [3.8, 4) is 0 Å². The number of carbonyl (C=O) groups is 1. The summed E-state index contributed by atoms with van der Waals surface area (Å²) >= 11 is 0. The number of hydrogen-bond acceptors (Lipinski definition) is 4. The summed E-state index contributed by atoms with van der Waals surface area (Å²) in [5.74, 6) is 0.969. The van der Waals surface area contributed by atoms with Crippen LogP contribution in [0.25, 0.3) is 0 Å². The largest absolute Gasteiger partial charge is 0.382 e. The molecule has 5 rings (SSSR count). The molecule has 0 aliphatic carbocycles. The number of benzene rings is 1. The number of fused-ring (bicyclic) bond motifs is 3. The molecule has 1 aromatic carbocycles. The van der Waals surface area contributed by atoms with Crippen LogP contribution in [-0.4, -0.2) is 55.5 Å². The topological polar surface area (TPSA) is 61.6 Å². The van der Waals surface area contributed by atoms with Crippen molar-refractivity contribution in [1.82, 2.24) is 19.4 Å². The van der Waals surface area contributed by atoms with Gasteiger partial charge >= 0.3 is 0 Å². The van der Waals surface area contributed by atoms with Crippen molar-refractivity contribution in [3.63, 3.8) is 0 Å². The van der Waals surface area contributed by atoms with Crippen molar-refractivity contribution in [1.29, 1.82) is 0 Å². The molecule has 0 saturated carbocycles. The smallest absolute Gasteiger partial charge is 0.237 e. The minimum absolute atomic E-state index is 0.217. The molecular weight excluding hydrogens is 352 g/mol. The van der Waals surface area contributed by atoms with Crippen LogP contribution in [0.4, 0.5) is 0 Å². The van der Waals surface area contributed by atoms with Gasteiger partial charge in [-0.15, -0.1) is 0 Å². The predicted molar refractivity (Wildman–Crippen MR) is 105 cm³/mol. The fraction of sp³-hybridized carbons (Fsp3) is 0.545. The van der Waals surface area contributed by atoms with Crippen LogP contribution in [0.3, 0.4) is 0 Å². The Labute approximate surface area is 165 Å². The van der Waals surface area contributed by atoms with Gasteiger partial charge in [0, 0.05) is 44.6 Å². The second-order valence-corrected chi connectivity index (χ2v) is 8.69. The third-order valence-corrected chi connectivity index (χ3v) is 6.96. The second kappa shape index (κ2) is 6.71. The zero-order valence-corrected chi connectivity index (χ0v) is 16.4. The summed E-state index contributed by atoms with van der Waals surface area (Å²) in [7, 11) is 1.94. The van der Waals surface area contributed by atoms with Crippen LogP contribution in [0.1, 0.15) is 42.6 Å². The van der Waals surface area contributed by atoms with Gasteiger partial charge in [0.2, 0.25) is 5.91 Å². The molecule has 3 aliphatic rings. The average Bonchev–Trinajstić information content (AvgIpc) is 3.23. The van der Waals surface area contributed by atoms with Crippen LogP contribution in [0.2, 0.25) is 0 Å². The normalized spacial score (nSPS) is 29.7. The highest BCUT2D eigenvalue weighted by atomic mass is 16.3. The van der Waals surface area contributed by atoms with Crippen LogP contribution < -0.4 is 0 Å². The Morgan fingerprint density at radius 1 is 1.21 bits per heavy atom. The molecule has 1 N–H and O–H groups in total. The van der Waals surface area contributed by atoms with E-state index in [4.69, 9.17) is 0 Å². The van der Waals surface area contributed by atoms with Gasteiger partial charge < -0.3 is 14.6 Å². The molecule has 0 spiro atoms. The third kappa shape index (κ3) is 2.95. The van der Waals surface area contributed by atoms with Crippen LogP contribution in [0.15, 0.2) is 36.7 Å². The lowest BCUT2D eigenvalue weighted by Crippen LogP contribution is -2.53. The van der Waals surface area contributed by atoms with Crippen LogP contribution in [-0.2, 0) is 30.4 Å². The summed E-state index contributed by atoms with van der Waals surface area (Å²) in [4.78, 5) is 21.8. The number of nitrogens with zero attached hydrogens (tertiary/aromatic N) is 4. The van der Waals surface area contributed by atoms with E-state index in [-0.39, 0.29) is 18.0 Å². The Bertz CT molecular complexity index is 878. The van der Waals surface area contributed by atoms with Crippen molar-refractivity contribution >= 4 is 5.91 Å². The summed E-state index contributed by atoms with van der Waals surface area (Å²) in [5, 5.41) is 11.3. The molecule has 2 saturated heterocycles. The quantitative estimate of drug-likeness (QED) is 0.882. The molecule has 148 valence electrons. The summed E-state index contributed by atoms with van der Waals surface area (Å²) in [5.41, 5.74) is 1.76. The van der Waals surface area contributed by atoms with Crippen LogP contribution in [0, 0.1) is 0 Å². The zero-order valence-electron chi connectivity index (χ0n) is 16.4. The zero-order chi connectivity index (χ0) is 19.3. The minimum Gasteiger partial charge on any atom is -0.382 e. The van der Waals surface area contributed by atoms with Gasteiger partial charge in [-0.3, -0.25) is 9.69 Å². The fourth-order valence-electron chi connectivity index (χ4n) is 5.54. The molecule has 2 unspecified atom stereocenters. The monoisotopic (exact) mass is 380 g/mol. The minimum atomic E-state index is -0.881. The van der Waals surface area contributed by atoms with Crippen molar-refractivity contribution in [2.24, 2.45) is 7.05 Å². The van der Waals surface area contributed by atoms with Gasteiger partial charge in [0.05, 0.1) is 6.54 Å². The van der Waals surface area contributed by atoms with E-state index in [1.54, 1.807) is 6.20 Å². The number of piperidine rings is 1. The third-order valence-electron chi connectivity index (χ3n) is 6.96. The van der Waals surface area contributed by atoms with E-state index in [2.05, 4.69) is 34.1 Å². The van der Waals surface area contributed by atoms with E-state index in [0.717, 1.165) is 38.2 Å². The van der Waals surface area contributed by atoms with Gasteiger partial charge in [-0.1, -0.05) is 24.3 Å². The molecule has 2 atom stereocenters. The highest BCUT2D eigenvalue weighted by molar-refractivity contribution is 5.78. The lowest BCUT2D eigenvalue weighted by Gasteiger charge is -2.43. The Kier molecular flexibility index (Phi) is 4.29. The summed E-state index contributed by atoms with van der Waals surface area (Å²) in [6.07, 6.45) is 7.99. The first kappa shape index (κ1) is 17.9. The lowest BCUT2D eigenvalue weighted by atomic mass is 9.85. The molecule has 3 aliphatic heterocycles. The number of rotatable bonds is 3. The predicted octanol–water partition coefficient (Wildman–Crippen LogP) is 1.82. The highest BCUT2D eigenvalue weighted by Gasteiger charge is 2.50. The first-order chi connectivity index (χ1) is 13.5. The molecule has 4 heterocycles. The number of imidazole rings is 1. The summed E-state index contributed by atoms with van der Waals surface area (Å²) < 4.78 is 1.92. The Hall–Kier alpha value is -2.18. The van der Waals surface area contributed by atoms with E-state index >= 15 is 0 Å². The van der Waals surface area contributed by atoms with E-state index < -0.39 is 5.60 Å². The van der Waals surface area contributed by atoms with Crippen molar-refractivity contribution in [2.75, 3.05) is 13.1 Å². The average molecular weight is 380 g/mol.